The molecule has 0 aliphatic carbocycles. The summed E-state index contributed by atoms with van der Waals surface area (Å²) >= 11 is 0.953. The van der Waals surface area contributed by atoms with Crippen molar-refractivity contribution >= 4 is 51.5 Å². The Balaban J connectivity index is 0.000000317. The van der Waals surface area contributed by atoms with Crippen LogP contribution in [0.5, 0.6) is 0 Å². The van der Waals surface area contributed by atoms with Crippen LogP contribution >= 0.6 is 11.3 Å². The molecule has 0 aromatic carbocycles. The number of hydrogen-bond donors (Lipinski definition) is 6. The van der Waals surface area contributed by atoms with E-state index >= 15 is 0 Å². The Morgan fingerprint density at radius 2 is 1.86 bits per heavy atom. The van der Waals surface area contributed by atoms with Crippen molar-refractivity contribution in [3.05, 3.63) is 15.9 Å². The van der Waals surface area contributed by atoms with Crippen LogP contribution in [0.15, 0.2) is 11.0 Å². The Labute approximate surface area is 211 Å². The van der Waals surface area contributed by atoms with Crippen LogP contribution in [-0.4, -0.2) is 87.9 Å². The number of ether oxygens (including phenoxy) is 2. The van der Waals surface area contributed by atoms with Gasteiger partial charge >= 0.3 is 28.8 Å². The topological polar surface area (TPSA) is 262 Å². The van der Waals surface area contributed by atoms with Crippen LogP contribution in [0.1, 0.15) is 45.8 Å². The molecule has 17 heteroatoms. The molecule has 2 aromatic rings. The molecule has 37 heavy (non-hydrogen) atoms. The van der Waals surface area contributed by atoms with E-state index in [0.29, 0.717) is 16.8 Å². The number of nitrogens with two attached hydrogens (primary N) is 1. The minimum absolute atomic E-state index is 0.0319. The molecule has 7 N–H and O–H groups in total. The van der Waals surface area contributed by atoms with Gasteiger partial charge in [-0.3, -0.25) is 23.7 Å². The van der Waals surface area contributed by atoms with Gasteiger partial charge in [-0.2, -0.15) is 4.98 Å². The number of fused-ring (bicyclic) bond motifs is 1. The number of carboxylic acid groups (broad SMARTS) is 3. The molecule has 3 heterocycles. The highest BCUT2D eigenvalue weighted by molar-refractivity contribution is 7.16. The van der Waals surface area contributed by atoms with Crippen LogP contribution in [0.25, 0.3) is 10.3 Å². The van der Waals surface area contributed by atoms with Crippen molar-refractivity contribution in [3.63, 3.8) is 0 Å². The van der Waals surface area contributed by atoms with E-state index < -0.39 is 66.9 Å². The second-order valence-corrected chi connectivity index (χ2v) is 9.05. The van der Waals surface area contributed by atoms with Gasteiger partial charge in [0.25, 0.3) is 0 Å². The van der Waals surface area contributed by atoms with E-state index in [0.717, 1.165) is 11.3 Å². The lowest BCUT2D eigenvalue weighted by molar-refractivity contribution is -0.170. The number of esters is 1. The van der Waals surface area contributed by atoms with Crippen LogP contribution in [0.2, 0.25) is 0 Å². The molecule has 2 aromatic heterocycles. The molecule has 0 radical (unpaired) electrons. The SMILES string of the molecule is CC[C@H](OC(C)=O)[C@@H]1C[C@@H](O)[C@H](n2c(=O)sc3cnc(N)nc32)O1.O=C(O)CC(O)(CC(=O)O)C(=O)O. The molecule has 16 nitrogen and oxygen atoms in total. The minimum Gasteiger partial charge on any atom is -0.481 e. The molecule has 1 fully saturated rings. The quantitative estimate of drug-likeness (QED) is 0.210. The van der Waals surface area contributed by atoms with Gasteiger partial charge in [-0.25, -0.2) is 9.78 Å². The number of aliphatic hydroxyl groups excluding tert-OH is 1. The fourth-order valence-electron chi connectivity index (χ4n) is 3.58. The molecular formula is C20H26N4O12S. The highest BCUT2D eigenvalue weighted by atomic mass is 32.1. The summed E-state index contributed by atoms with van der Waals surface area (Å²) in [5.74, 6) is -5.40. The summed E-state index contributed by atoms with van der Waals surface area (Å²) in [7, 11) is 0. The second-order valence-electron chi connectivity index (χ2n) is 8.06. The maximum Gasteiger partial charge on any atom is 0.336 e. The molecule has 1 aliphatic heterocycles. The van der Waals surface area contributed by atoms with E-state index in [-0.39, 0.29) is 17.2 Å². The molecule has 4 atom stereocenters. The highest BCUT2D eigenvalue weighted by Crippen LogP contribution is 2.34. The first-order chi connectivity index (χ1) is 17.2. The number of thiazole rings is 1. The number of aliphatic carboxylic acids is 3. The van der Waals surface area contributed by atoms with Gasteiger partial charge in [-0.15, -0.1) is 0 Å². The van der Waals surface area contributed by atoms with E-state index in [1.165, 1.54) is 17.7 Å². The summed E-state index contributed by atoms with van der Waals surface area (Å²) < 4.78 is 12.9. The van der Waals surface area contributed by atoms with Gasteiger partial charge in [0.15, 0.2) is 17.5 Å². The van der Waals surface area contributed by atoms with E-state index in [2.05, 4.69) is 9.97 Å². The minimum atomic E-state index is -2.74. The average molecular weight is 547 g/mol. The zero-order valence-corrected chi connectivity index (χ0v) is 20.5. The molecule has 1 saturated heterocycles. The Hall–Kier alpha value is -3.67. The summed E-state index contributed by atoms with van der Waals surface area (Å²) in [4.78, 5) is 61.6. The molecule has 0 amide bonds. The first kappa shape index (κ1) is 29.6. The van der Waals surface area contributed by atoms with Crippen molar-refractivity contribution in [2.24, 2.45) is 0 Å². The number of carbonyl (C=O) groups excluding carboxylic acids is 1. The van der Waals surface area contributed by atoms with Gasteiger partial charge < -0.3 is 40.7 Å². The molecule has 1 aliphatic rings. The summed E-state index contributed by atoms with van der Waals surface area (Å²) in [6.45, 7) is 3.18. The van der Waals surface area contributed by atoms with Crippen LogP contribution in [0, 0.1) is 0 Å². The third kappa shape index (κ3) is 7.42. The van der Waals surface area contributed by atoms with Crippen molar-refractivity contribution in [2.45, 2.75) is 69.7 Å². The Morgan fingerprint density at radius 1 is 1.27 bits per heavy atom. The zero-order chi connectivity index (χ0) is 28.1. The zero-order valence-electron chi connectivity index (χ0n) is 19.6. The molecule has 0 saturated carbocycles. The van der Waals surface area contributed by atoms with E-state index in [1.807, 2.05) is 6.92 Å². The number of nitrogen functional groups attached to an aromatic ring is 1. The van der Waals surface area contributed by atoms with Crippen LogP contribution in [-0.2, 0) is 28.7 Å². The highest BCUT2D eigenvalue weighted by Gasteiger charge is 2.42. The Kier molecular flexibility index (Phi) is 9.62. The third-order valence-electron chi connectivity index (χ3n) is 5.17. The summed E-state index contributed by atoms with van der Waals surface area (Å²) in [5.41, 5.74) is 3.18. The summed E-state index contributed by atoms with van der Waals surface area (Å²) in [6, 6.07) is 0. The lowest BCUT2D eigenvalue weighted by Crippen LogP contribution is -2.42. The standard InChI is InChI=1S/C14H18N4O5S.C6H8O7/c1-3-8(22-6(2)19)9-4-7(20)12(23-9)18-11-10(24-14(18)21)5-16-13(15)17-11;7-3(8)1-6(13,5(11)12)2-4(9)10/h5,7-9,12,20H,3-4H2,1-2H3,(H2,15,16,17);13H,1-2H2,(H,7,8)(H,9,10)(H,11,12)/t7-,8+,9+,12-;/m1./s1. The number of hydrogen-bond acceptors (Lipinski definition) is 13. The van der Waals surface area contributed by atoms with E-state index in [9.17, 15) is 29.1 Å². The summed E-state index contributed by atoms with van der Waals surface area (Å²) in [5, 5.41) is 44.2. The van der Waals surface area contributed by atoms with Gasteiger partial charge in [-0.1, -0.05) is 18.3 Å². The number of rotatable bonds is 9. The van der Waals surface area contributed by atoms with Crippen LogP contribution in [0.3, 0.4) is 0 Å². The molecule has 0 bridgehead atoms. The summed E-state index contributed by atoms with van der Waals surface area (Å²) in [6.07, 6.45) is -2.85. The van der Waals surface area contributed by atoms with Crippen molar-refractivity contribution in [2.75, 3.05) is 5.73 Å². The largest absolute Gasteiger partial charge is 0.481 e. The number of anilines is 1. The molecule has 0 unspecified atom stereocenters. The normalized spacial score (nSPS) is 20.1. The van der Waals surface area contributed by atoms with Crippen molar-refractivity contribution in [3.8, 4) is 0 Å². The molecular weight excluding hydrogens is 520 g/mol. The smallest absolute Gasteiger partial charge is 0.336 e. The van der Waals surface area contributed by atoms with Gasteiger partial charge in [0.2, 0.25) is 5.95 Å². The number of carboxylic acids is 3. The third-order valence-corrected chi connectivity index (χ3v) is 6.05. The fourth-order valence-corrected chi connectivity index (χ4v) is 4.39. The second kappa shape index (κ2) is 12.0. The number of nitrogens with zero attached hydrogens (tertiary/aromatic N) is 3. The van der Waals surface area contributed by atoms with Gasteiger partial charge in [0.05, 0.1) is 29.8 Å². The van der Waals surface area contributed by atoms with E-state index in [4.69, 9.17) is 35.6 Å². The van der Waals surface area contributed by atoms with Gasteiger partial charge in [-0.05, 0) is 6.42 Å². The lowest BCUT2D eigenvalue weighted by Gasteiger charge is -2.22. The maximum atomic E-state index is 12.3. The van der Waals surface area contributed by atoms with Crippen molar-refractivity contribution in [1.29, 1.82) is 0 Å². The maximum absolute atomic E-state index is 12.3. The molecule has 3 rings (SSSR count). The molecule has 204 valence electrons. The lowest BCUT2D eigenvalue weighted by atomic mass is 9.96. The number of aromatic nitrogens is 3. The monoisotopic (exact) mass is 546 g/mol. The Bertz CT molecular complexity index is 1210. The first-order valence-electron chi connectivity index (χ1n) is 10.7. The predicted octanol–water partition coefficient (Wildman–Crippen LogP) is -0.823. The average Bonchev–Trinajstić information content (AvgIpc) is 3.29. The number of carbonyl (C=O) groups is 4. The Morgan fingerprint density at radius 3 is 2.35 bits per heavy atom. The van der Waals surface area contributed by atoms with E-state index in [1.54, 1.807) is 0 Å². The first-order valence-corrected chi connectivity index (χ1v) is 11.5. The van der Waals surface area contributed by atoms with Crippen LogP contribution in [0.4, 0.5) is 5.95 Å². The van der Waals surface area contributed by atoms with Crippen molar-refractivity contribution < 1.29 is 54.2 Å². The van der Waals surface area contributed by atoms with Crippen LogP contribution < -0.4 is 10.6 Å². The van der Waals surface area contributed by atoms with Gasteiger partial charge in [0.1, 0.15) is 12.2 Å². The fraction of sp³-hybridized carbons (Fsp3) is 0.550. The van der Waals surface area contributed by atoms with Crippen molar-refractivity contribution in [1.82, 2.24) is 14.5 Å². The predicted molar refractivity (Wildman–Crippen MR) is 124 cm³/mol. The van der Waals surface area contributed by atoms with Gasteiger partial charge in [0, 0.05) is 13.3 Å². The number of aliphatic hydroxyl groups is 2. The molecule has 0 spiro atoms.